The first kappa shape index (κ1) is 7.70. The third-order valence-corrected chi connectivity index (χ3v) is 1.13. The van der Waals surface area contributed by atoms with Crippen LogP contribution in [0.2, 0.25) is 0 Å². The van der Waals surface area contributed by atoms with Gasteiger partial charge in [-0.05, 0) is 26.3 Å². The van der Waals surface area contributed by atoms with Gasteiger partial charge in [0.15, 0.2) is 0 Å². The molecule has 46 valence electrons. The van der Waals surface area contributed by atoms with Gasteiger partial charge in [-0.3, -0.25) is 0 Å². The van der Waals surface area contributed by atoms with E-state index >= 15 is 0 Å². The Bertz CT molecular complexity index is 120. The molecule has 1 nitrogen and oxygen atoms in total. The van der Waals surface area contributed by atoms with Gasteiger partial charge in [-0.1, -0.05) is 11.6 Å². The molecule has 0 aromatic rings. The van der Waals surface area contributed by atoms with E-state index in [0.29, 0.717) is 5.16 Å². The van der Waals surface area contributed by atoms with Gasteiger partial charge >= 0.3 is 0 Å². The lowest BCUT2D eigenvalue weighted by Gasteiger charge is -1.88. The fraction of sp³-hybridized carbons (Fsp3) is 0.500. The van der Waals surface area contributed by atoms with E-state index in [2.05, 4.69) is 4.99 Å². The van der Waals surface area contributed by atoms with Gasteiger partial charge in [0, 0.05) is 6.21 Å². The van der Waals surface area contributed by atoms with Crippen LogP contribution in [-0.2, 0) is 0 Å². The molecule has 0 fully saturated rings. The second kappa shape index (κ2) is 3.67. The van der Waals surface area contributed by atoms with Gasteiger partial charge in [0.1, 0.15) is 5.16 Å². The Hall–Kier alpha value is -0.300. The van der Waals surface area contributed by atoms with Crippen LogP contribution in [0.1, 0.15) is 20.8 Å². The lowest BCUT2D eigenvalue weighted by atomic mass is 10.4. The number of hydrogen-bond acceptors (Lipinski definition) is 1. The fourth-order valence-electron chi connectivity index (χ4n) is 0.242. The van der Waals surface area contributed by atoms with Crippen LogP contribution in [0.5, 0.6) is 0 Å². The van der Waals surface area contributed by atoms with E-state index in [1.54, 1.807) is 6.21 Å². The minimum atomic E-state index is 0.590. The molecule has 0 bridgehead atoms. The first-order valence-electron chi connectivity index (χ1n) is 2.50. The molecule has 0 radical (unpaired) electrons. The van der Waals surface area contributed by atoms with E-state index in [-0.39, 0.29) is 0 Å². The monoisotopic (exact) mass is 131 g/mol. The highest BCUT2D eigenvalue weighted by atomic mass is 35.5. The van der Waals surface area contributed by atoms with Crippen molar-refractivity contribution in [2.75, 3.05) is 0 Å². The molecule has 0 heterocycles. The van der Waals surface area contributed by atoms with E-state index in [0.717, 1.165) is 5.57 Å². The SMILES string of the molecule is C/C=N\C(Cl)=C(C)C. The van der Waals surface area contributed by atoms with Crippen molar-refractivity contribution in [3.8, 4) is 0 Å². The molecular formula is C6H10ClN. The summed E-state index contributed by atoms with van der Waals surface area (Å²) in [6.07, 6.45) is 1.68. The molecule has 0 saturated heterocycles. The zero-order valence-corrected chi connectivity index (χ0v) is 6.16. The van der Waals surface area contributed by atoms with E-state index in [1.807, 2.05) is 20.8 Å². The van der Waals surface area contributed by atoms with Crippen LogP contribution in [0, 0.1) is 0 Å². The largest absolute Gasteiger partial charge is 0.249 e. The van der Waals surface area contributed by atoms with Gasteiger partial charge in [-0.25, -0.2) is 4.99 Å². The number of allylic oxidation sites excluding steroid dienone is 1. The van der Waals surface area contributed by atoms with Gasteiger partial charge in [-0.15, -0.1) is 0 Å². The summed E-state index contributed by atoms with van der Waals surface area (Å²) in [5, 5.41) is 0.590. The second-order valence-electron chi connectivity index (χ2n) is 1.68. The standard InChI is InChI=1S/C6H10ClN/c1-4-8-6(7)5(2)3/h4H,1-3H3/b8-4-. The molecular weight excluding hydrogens is 122 g/mol. The van der Waals surface area contributed by atoms with Crippen molar-refractivity contribution in [1.29, 1.82) is 0 Å². The molecule has 0 amide bonds. The number of nitrogens with zero attached hydrogens (tertiary/aromatic N) is 1. The minimum absolute atomic E-state index is 0.590. The summed E-state index contributed by atoms with van der Waals surface area (Å²) < 4.78 is 0. The zero-order valence-electron chi connectivity index (χ0n) is 5.40. The fourth-order valence-corrected chi connectivity index (χ4v) is 0.340. The van der Waals surface area contributed by atoms with E-state index < -0.39 is 0 Å². The highest BCUT2D eigenvalue weighted by Gasteiger charge is 1.85. The Kier molecular flexibility index (Phi) is 3.53. The van der Waals surface area contributed by atoms with E-state index in [1.165, 1.54) is 0 Å². The van der Waals surface area contributed by atoms with Crippen LogP contribution in [0.3, 0.4) is 0 Å². The minimum Gasteiger partial charge on any atom is -0.249 e. The summed E-state index contributed by atoms with van der Waals surface area (Å²) in [4.78, 5) is 3.84. The molecule has 2 heteroatoms. The molecule has 0 spiro atoms. The molecule has 0 rings (SSSR count). The molecule has 0 aliphatic carbocycles. The van der Waals surface area contributed by atoms with Crippen molar-refractivity contribution in [1.82, 2.24) is 0 Å². The van der Waals surface area contributed by atoms with Crippen LogP contribution in [0.15, 0.2) is 15.7 Å². The summed E-state index contributed by atoms with van der Waals surface area (Å²) in [5.41, 5.74) is 1.05. The Morgan fingerprint density at radius 1 is 1.50 bits per heavy atom. The quantitative estimate of drug-likeness (QED) is 0.383. The van der Waals surface area contributed by atoms with Crippen LogP contribution < -0.4 is 0 Å². The first-order valence-corrected chi connectivity index (χ1v) is 2.88. The first-order chi connectivity index (χ1) is 3.68. The predicted octanol–water partition coefficient (Wildman–Crippen LogP) is 2.57. The van der Waals surface area contributed by atoms with Gasteiger partial charge in [-0.2, -0.15) is 0 Å². The Balaban J connectivity index is 4.00. The van der Waals surface area contributed by atoms with Crippen molar-refractivity contribution in [3.63, 3.8) is 0 Å². The van der Waals surface area contributed by atoms with Crippen molar-refractivity contribution < 1.29 is 0 Å². The van der Waals surface area contributed by atoms with Crippen LogP contribution in [-0.4, -0.2) is 6.21 Å². The third-order valence-electron chi connectivity index (χ3n) is 0.655. The smallest absolute Gasteiger partial charge is 0.127 e. The van der Waals surface area contributed by atoms with Gasteiger partial charge in [0.25, 0.3) is 0 Å². The van der Waals surface area contributed by atoms with Crippen molar-refractivity contribution >= 4 is 17.8 Å². The maximum absolute atomic E-state index is 5.60. The molecule has 0 aliphatic heterocycles. The van der Waals surface area contributed by atoms with Crippen LogP contribution in [0.4, 0.5) is 0 Å². The molecule has 0 aromatic heterocycles. The van der Waals surface area contributed by atoms with Gasteiger partial charge in [0.05, 0.1) is 0 Å². The summed E-state index contributed by atoms with van der Waals surface area (Å²) in [7, 11) is 0. The lowest BCUT2D eigenvalue weighted by molar-refractivity contribution is 1.31. The number of aliphatic imine (C=N–C) groups is 1. The van der Waals surface area contributed by atoms with E-state index in [9.17, 15) is 0 Å². The second-order valence-corrected chi connectivity index (χ2v) is 2.04. The Labute approximate surface area is 55.1 Å². The maximum atomic E-state index is 5.60. The molecule has 0 saturated carbocycles. The van der Waals surface area contributed by atoms with Gasteiger partial charge in [0.2, 0.25) is 0 Å². The molecule has 0 atom stereocenters. The van der Waals surface area contributed by atoms with Crippen molar-refractivity contribution in [2.24, 2.45) is 4.99 Å². The summed E-state index contributed by atoms with van der Waals surface area (Å²) >= 11 is 5.60. The van der Waals surface area contributed by atoms with E-state index in [4.69, 9.17) is 11.6 Å². The Morgan fingerprint density at radius 3 is 2.12 bits per heavy atom. The third kappa shape index (κ3) is 2.80. The average molecular weight is 132 g/mol. The topological polar surface area (TPSA) is 12.4 Å². The van der Waals surface area contributed by atoms with Crippen molar-refractivity contribution in [3.05, 3.63) is 10.7 Å². The predicted molar refractivity (Wildman–Crippen MR) is 38.4 cm³/mol. The molecule has 0 aromatic carbocycles. The molecule has 0 aliphatic rings. The van der Waals surface area contributed by atoms with Crippen molar-refractivity contribution in [2.45, 2.75) is 20.8 Å². The normalized spacial score (nSPS) is 10.0. The maximum Gasteiger partial charge on any atom is 0.127 e. The highest BCUT2D eigenvalue weighted by Crippen LogP contribution is 2.07. The number of halogens is 1. The highest BCUT2D eigenvalue weighted by molar-refractivity contribution is 6.30. The van der Waals surface area contributed by atoms with Crippen LogP contribution >= 0.6 is 11.6 Å². The number of hydrogen-bond donors (Lipinski definition) is 0. The Morgan fingerprint density at radius 2 is 2.00 bits per heavy atom. The summed E-state index contributed by atoms with van der Waals surface area (Å²) in [5.74, 6) is 0. The zero-order chi connectivity index (χ0) is 6.57. The summed E-state index contributed by atoms with van der Waals surface area (Å²) in [6, 6.07) is 0. The average Bonchev–Trinajstić information content (AvgIpc) is 1.67. The molecule has 0 N–H and O–H groups in total. The van der Waals surface area contributed by atoms with Crippen LogP contribution in [0.25, 0.3) is 0 Å². The lowest BCUT2D eigenvalue weighted by Crippen LogP contribution is -1.69. The molecule has 0 unspecified atom stereocenters. The molecule has 8 heavy (non-hydrogen) atoms. The number of rotatable bonds is 1. The van der Waals surface area contributed by atoms with Gasteiger partial charge < -0.3 is 0 Å². The summed E-state index contributed by atoms with van der Waals surface area (Å²) in [6.45, 7) is 5.69.